The number of carbonyl (C=O) groups is 1. The van der Waals surface area contributed by atoms with Crippen molar-refractivity contribution in [2.75, 3.05) is 0 Å². The second-order valence-electron chi connectivity index (χ2n) is 7.59. The number of nitro benzene ring substituents is 2. The summed E-state index contributed by atoms with van der Waals surface area (Å²) in [6.45, 7) is 0. The zero-order valence-electron chi connectivity index (χ0n) is 17.1. The third-order valence-electron chi connectivity index (χ3n) is 5.72. The molecule has 0 spiro atoms. The molecule has 0 radical (unpaired) electrons. The Labute approximate surface area is 187 Å². The van der Waals surface area contributed by atoms with Crippen LogP contribution in [0, 0.1) is 26.1 Å². The van der Waals surface area contributed by atoms with E-state index in [1.807, 2.05) is 60.7 Å². The smallest absolute Gasteiger partial charge is 0.276 e. The van der Waals surface area contributed by atoms with Crippen LogP contribution in [0.5, 0.6) is 5.75 Å². The lowest BCUT2D eigenvalue weighted by atomic mass is 9.85. The SMILES string of the molecule is O=C(N/N=C\c1cc([N+](=O)[O-])cc([N+](=O)[O-])c1[O-])[C@@H]1CC1(c1ccccc1)c1ccccc1. The third-order valence-corrected chi connectivity index (χ3v) is 5.72. The minimum atomic E-state index is -1.03. The van der Waals surface area contributed by atoms with Crippen molar-refractivity contribution < 1.29 is 19.7 Å². The predicted octanol–water partition coefficient (Wildman–Crippen LogP) is 3.03. The highest BCUT2D eigenvalue weighted by Crippen LogP contribution is 2.58. The minimum absolute atomic E-state index is 0.371. The van der Waals surface area contributed by atoms with Gasteiger partial charge in [-0.25, -0.2) is 5.43 Å². The molecule has 1 atom stereocenters. The number of carbonyl (C=O) groups excluding carboxylic acids is 1. The van der Waals surface area contributed by atoms with E-state index < -0.39 is 44.2 Å². The van der Waals surface area contributed by atoms with Gasteiger partial charge in [-0.15, -0.1) is 0 Å². The summed E-state index contributed by atoms with van der Waals surface area (Å²) in [6, 6.07) is 20.7. The van der Waals surface area contributed by atoms with E-state index in [2.05, 4.69) is 10.5 Å². The van der Waals surface area contributed by atoms with E-state index in [0.717, 1.165) is 23.4 Å². The van der Waals surface area contributed by atoms with E-state index >= 15 is 0 Å². The Balaban J connectivity index is 1.58. The van der Waals surface area contributed by atoms with Crippen molar-refractivity contribution in [2.45, 2.75) is 11.8 Å². The van der Waals surface area contributed by atoms with Crippen molar-refractivity contribution in [3.63, 3.8) is 0 Å². The number of benzene rings is 3. The number of hydrazone groups is 1. The summed E-state index contributed by atoms with van der Waals surface area (Å²) in [4.78, 5) is 33.1. The van der Waals surface area contributed by atoms with Crippen molar-refractivity contribution in [2.24, 2.45) is 11.0 Å². The van der Waals surface area contributed by atoms with Gasteiger partial charge >= 0.3 is 0 Å². The quantitative estimate of drug-likeness (QED) is 0.335. The van der Waals surface area contributed by atoms with E-state index in [9.17, 15) is 30.1 Å². The van der Waals surface area contributed by atoms with Gasteiger partial charge in [0.1, 0.15) is 0 Å². The van der Waals surface area contributed by atoms with Gasteiger partial charge in [-0.2, -0.15) is 5.10 Å². The molecule has 0 bridgehead atoms. The molecule has 3 aromatic rings. The molecule has 1 aliphatic rings. The van der Waals surface area contributed by atoms with Crippen molar-refractivity contribution in [1.29, 1.82) is 0 Å². The molecule has 0 aliphatic heterocycles. The van der Waals surface area contributed by atoms with Gasteiger partial charge in [-0.1, -0.05) is 60.7 Å². The van der Waals surface area contributed by atoms with E-state index in [4.69, 9.17) is 0 Å². The van der Waals surface area contributed by atoms with Crippen LogP contribution < -0.4 is 10.5 Å². The number of rotatable bonds is 7. The molecule has 10 nitrogen and oxygen atoms in total. The van der Waals surface area contributed by atoms with Crippen LogP contribution in [-0.2, 0) is 10.2 Å². The summed E-state index contributed by atoms with van der Waals surface area (Å²) in [7, 11) is 0. The molecular formula is C23H17N4O6-. The van der Waals surface area contributed by atoms with Crippen LogP contribution in [0.2, 0.25) is 0 Å². The highest BCUT2D eigenvalue weighted by Gasteiger charge is 2.60. The number of nitro groups is 2. The van der Waals surface area contributed by atoms with Crippen LogP contribution in [0.4, 0.5) is 11.4 Å². The summed E-state index contributed by atoms with van der Waals surface area (Å²) in [5.74, 6) is -1.85. The fourth-order valence-corrected chi connectivity index (χ4v) is 4.06. The van der Waals surface area contributed by atoms with Crippen molar-refractivity contribution >= 4 is 23.5 Å². The van der Waals surface area contributed by atoms with Gasteiger partial charge in [0.05, 0.1) is 28.0 Å². The number of non-ortho nitro benzene ring substituents is 1. The maximum atomic E-state index is 12.9. The summed E-state index contributed by atoms with van der Waals surface area (Å²) < 4.78 is 0. The molecule has 0 aromatic heterocycles. The first-order valence-electron chi connectivity index (χ1n) is 9.92. The van der Waals surface area contributed by atoms with Gasteiger partial charge in [0.25, 0.3) is 11.4 Å². The standard InChI is InChI=1S/C23H18N4O6/c28-21-15(11-18(26(30)31)12-20(21)27(32)33)14-24-25-22(29)19-13-23(19,16-7-3-1-4-8-16)17-9-5-2-6-10-17/h1-12,14,19,28H,13H2,(H,25,29)/p-1/b24-14-/t19-/m0/s1. The Bertz CT molecular complexity index is 1220. The molecule has 1 fully saturated rings. The lowest BCUT2D eigenvalue weighted by Crippen LogP contribution is -2.25. The van der Waals surface area contributed by atoms with Gasteiger partial charge in [0.15, 0.2) is 0 Å². The summed E-state index contributed by atoms with van der Waals surface area (Å²) in [5.41, 5.74) is 1.88. The molecule has 3 aromatic carbocycles. The lowest BCUT2D eigenvalue weighted by molar-refractivity contribution is -0.403. The maximum absolute atomic E-state index is 12.9. The third kappa shape index (κ3) is 4.01. The fraction of sp³-hybridized carbons (Fsp3) is 0.130. The Morgan fingerprint density at radius 3 is 2.06 bits per heavy atom. The normalized spacial score (nSPS) is 16.3. The molecule has 33 heavy (non-hydrogen) atoms. The van der Waals surface area contributed by atoms with Crippen LogP contribution in [0.15, 0.2) is 77.9 Å². The fourth-order valence-electron chi connectivity index (χ4n) is 4.06. The highest BCUT2D eigenvalue weighted by molar-refractivity contribution is 5.90. The molecule has 166 valence electrons. The summed E-state index contributed by atoms with van der Waals surface area (Å²) >= 11 is 0. The molecular weight excluding hydrogens is 428 g/mol. The van der Waals surface area contributed by atoms with Gasteiger partial charge in [0, 0.05) is 17.0 Å². The molecule has 1 N–H and O–H groups in total. The van der Waals surface area contributed by atoms with Gasteiger partial charge in [-0.3, -0.25) is 25.0 Å². The average molecular weight is 445 g/mol. The van der Waals surface area contributed by atoms with Crippen molar-refractivity contribution in [3.8, 4) is 5.75 Å². The van der Waals surface area contributed by atoms with Gasteiger partial charge in [-0.05, 0) is 23.3 Å². The first-order valence-corrected chi connectivity index (χ1v) is 9.92. The van der Waals surface area contributed by atoms with Crippen LogP contribution in [-0.4, -0.2) is 22.0 Å². The largest absolute Gasteiger partial charge is 0.867 e. The van der Waals surface area contributed by atoms with Crippen LogP contribution in [0.3, 0.4) is 0 Å². The Kier molecular flexibility index (Phi) is 5.57. The average Bonchev–Trinajstić information content (AvgIpc) is 3.58. The summed E-state index contributed by atoms with van der Waals surface area (Å²) in [6.07, 6.45) is 1.44. The van der Waals surface area contributed by atoms with Gasteiger partial charge < -0.3 is 5.11 Å². The molecule has 10 heteroatoms. The summed E-state index contributed by atoms with van der Waals surface area (Å²) in [5, 5.41) is 38.0. The minimum Gasteiger partial charge on any atom is -0.867 e. The van der Waals surface area contributed by atoms with Crippen LogP contribution >= 0.6 is 0 Å². The maximum Gasteiger partial charge on any atom is 0.276 e. The first kappa shape index (κ1) is 21.6. The number of hydrogen-bond acceptors (Lipinski definition) is 7. The number of nitrogens with zero attached hydrogens (tertiary/aromatic N) is 3. The molecule has 1 amide bonds. The Hall–Kier alpha value is -4.60. The van der Waals surface area contributed by atoms with Gasteiger partial charge in [0.2, 0.25) is 5.91 Å². The molecule has 0 saturated heterocycles. The molecule has 1 saturated carbocycles. The predicted molar refractivity (Wildman–Crippen MR) is 117 cm³/mol. The first-order chi connectivity index (χ1) is 15.8. The number of hydrogen-bond donors (Lipinski definition) is 1. The molecule has 4 rings (SSSR count). The lowest BCUT2D eigenvalue weighted by Gasteiger charge is -2.18. The second-order valence-corrected chi connectivity index (χ2v) is 7.59. The van der Waals surface area contributed by atoms with Crippen LogP contribution in [0.1, 0.15) is 23.1 Å². The van der Waals surface area contributed by atoms with Crippen molar-refractivity contribution in [1.82, 2.24) is 5.43 Å². The number of nitrogens with one attached hydrogen (secondary N) is 1. The Morgan fingerprint density at radius 1 is 0.970 bits per heavy atom. The van der Waals surface area contributed by atoms with E-state index in [1.165, 1.54) is 0 Å². The molecule has 1 aliphatic carbocycles. The number of amides is 1. The monoisotopic (exact) mass is 445 g/mol. The zero-order chi connectivity index (χ0) is 23.6. The van der Waals surface area contributed by atoms with E-state index in [1.54, 1.807) is 0 Å². The van der Waals surface area contributed by atoms with E-state index in [0.29, 0.717) is 12.5 Å². The highest BCUT2D eigenvalue weighted by atomic mass is 16.6. The molecule has 0 heterocycles. The zero-order valence-corrected chi connectivity index (χ0v) is 17.1. The molecule has 0 unspecified atom stereocenters. The van der Waals surface area contributed by atoms with Crippen LogP contribution in [0.25, 0.3) is 0 Å². The topological polar surface area (TPSA) is 151 Å². The second kappa shape index (κ2) is 8.50. The van der Waals surface area contributed by atoms with E-state index in [-0.39, 0.29) is 5.56 Å². The Morgan fingerprint density at radius 2 is 1.55 bits per heavy atom. The van der Waals surface area contributed by atoms with Crippen molar-refractivity contribution in [3.05, 3.63) is 110 Å².